The fraction of sp³-hybridized carbons (Fsp3) is 0.316. The highest BCUT2D eigenvalue weighted by molar-refractivity contribution is 14.0. The smallest absolute Gasteiger partial charge is 0.191 e. The number of nitrogens with one attached hydrogen (secondary N) is 2. The number of fused-ring (bicyclic) bond motifs is 1. The molecule has 0 spiro atoms. The summed E-state index contributed by atoms with van der Waals surface area (Å²) >= 11 is 0. The molecule has 2 N–H and O–H groups in total. The van der Waals surface area contributed by atoms with E-state index < -0.39 is 0 Å². The molecule has 6 nitrogen and oxygen atoms in total. The highest BCUT2D eigenvalue weighted by Crippen LogP contribution is 2.10. The van der Waals surface area contributed by atoms with Gasteiger partial charge in [0.25, 0.3) is 0 Å². The third-order valence-corrected chi connectivity index (χ3v) is 4.05. The van der Waals surface area contributed by atoms with E-state index in [1.165, 1.54) is 11.1 Å². The van der Waals surface area contributed by atoms with Crippen molar-refractivity contribution in [2.75, 3.05) is 6.54 Å². The van der Waals surface area contributed by atoms with Gasteiger partial charge in [-0.3, -0.25) is 4.40 Å². The number of aryl methyl sites for hydroxylation is 1. The maximum absolute atomic E-state index is 4.71. The Hall–Kier alpha value is -2.16. The molecule has 0 saturated carbocycles. The molecule has 0 fully saturated rings. The van der Waals surface area contributed by atoms with Gasteiger partial charge < -0.3 is 10.6 Å². The number of aromatic nitrogens is 3. The van der Waals surface area contributed by atoms with Crippen molar-refractivity contribution in [2.24, 2.45) is 4.99 Å². The number of halogens is 1. The van der Waals surface area contributed by atoms with E-state index >= 15 is 0 Å². The average molecular weight is 464 g/mol. The van der Waals surface area contributed by atoms with E-state index in [-0.39, 0.29) is 24.0 Å². The summed E-state index contributed by atoms with van der Waals surface area (Å²) in [6, 6.07) is 14.3. The quantitative estimate of drug-likeness (QED) is 0.334. The maximum atomic E-state index is 4.71. The lowest BCUT2D eigenvalue weighted by molar-refractivity contribution is 0.765. The molecular formula is C19H25IN6. The van der Waals surface area contributed by atoms with Crippen molar-refractivity contribution in [2.45, 2.75) is 33.4 Å². The van der Waals surface area contributed by atoms with Gasteiger partial charge in [-0.1, -0.05) is 37.3 Å². The summed E-state index contributed by atoms with van der Waals surface area (Å²) in [5.74, 6) is 1.64. The molecule has 1 aromatic carbocycles. The predicted octanol–water partition coefficient (Wildman–Crippen LogP) is 3.17. The number of pyridine rings is 1. The SMILES string of the molecule is CCNC(=NCc1ccccc1CC)NCc1nnc2ccccn12.I. The Bertz CT molecular complexity index is 858. The van der Waals surface area contributed by atoms with Crippen LogP contribution in [0.5, 0.6) is 0 Å². The van der Waals surface area contributed by atoms with E-state index in [1.54, 1.807) is 0 Å². The molecule has 3 aromatic rings. The molecule has 0 atom stereocenters. The zero-order valence-electron chi connectivity index (χ0n) is 15.1. The Labute approximate surface area is 171 Å². The Morgan fingerprint density at radius 1 is 1.00 bits per heavy atom. The summed E-state index contributed by atoms with van der Waals surface area (Å²) in [6.07, 6.45) is 2.98. The molecule has 0 aliphatic rings. The van der Waals surface area contributed by atoms with Crippen LogP contribution < -0.4 is 10.6 Å². The summed E-state index contributed by atoms with van der Waals surface area (Å²) < 4.78 is 1.98. The monoisotopic (exact) mass is 464 g/mol. The molecule has 2 aromatic heterocycles. The van der Waals surface area contributed by atoms with Crippen molar-refractivity contribution in [3.05, 3.63) is 65.6 Å². The Morgan fingerprint density at radius 2 is 1.77 bits per heavy atom. The first-order valence-electron chi connectivity index (χ1n) is 8.69. The topological polar surface area (TPSA) is 66.6 Å². The van der Waals surface area contributed by atoms with E-state index in [4.69, 9.17) is 4.99 Å². The Balaban J connectivity index is 0.00000243. The predicted molar refractivity (Wildman–Crippen MR) is 116 cm³/mol. The van der Waals surface area contributed by atoms with Crippen LogP contribution in [0.4, 0.5) is 0 Å². The second-order valence-electron chi connectivity index (χ2n) is 5.72. The van der Waals surface area contributed by atoms with Crippen LogP contribution in [0.3, 0.4) is 0 Å². The van der Waals surface area contributed by atoms with E-state index in [0.717, 1.165) is 30.4 Å². The summed E-state index contributed by atoms with van der Waals surface area (Å²) in [7, 11) is 0. The van der Waals surface area contributed by atoms with Crippen molar-refractivity contribution >= 4 is 35.6 Å². The number of hydrogen-bond donors (Lipinski definition) is 2. The van der Waals surface area contributed by atoms with Gasteiger partial charge in [0, 0.05) is 12.7 Å². The molecule has 0 bridgehead atoms. The first-order chi connectivity index (χ1) is 12.3. The van der Waals surface area contributed by atoms with Gasteiger partial charge in [0.15, 0.2) is 17.4 Å². The van der Waals surface area contributed by atoms with Gasteiger partial charge in [-0.25, -0.2) is 4.99 Å². The maximum Gasteiger partial charge on any atom is 0.191 e. The number of rotatable bonds is 6. The third-order valence-electron chi connectivity index (χ3n) is 4.05. The number of benzene rings is 1. The van der Waals surface area contributed by atoms with Crippen LogP contribution in [-0.4, -0.2) is 27.1 Å². The lowest BCUT2D eigenvalue weighted by atomic mass is 10.1. The van der Waals surface area contributed by atoms with Crippen molar-refractivity contribution < 1.29 is 0 Å². The summed E-state index contributed by atoms with van der Waals surface area (Å²) in [5, 5.41) is 15.0. The van der Waals surface area contributed by atoms with Crippen molar-refractivity contribution in [1.82, 2.24) is 25.2 Å². The van der Waals surface area contributed by atoms with Crippen LogP contribution >= 0.6 is 24.0 Å². The number of nitrogens with zero attached hydrogens (tertiary/aromatic N) is 4. The zero-order valence-corrected chi connectivity index (χ0v) is 17.5. The lowest BCUT2D eigenvalue weighted by Crippen LogP contribution is -2.37. The van der Waals surface area contributed by atoms with Gasteiger partial charge in [-0.2, -0.15) is 0 Å². The lowest BCUT2D eigenvalue weighted by Gasteiger charge is -2.11. The summed E-state index contributed by atoms with van der Waals surface area (Å²) in [5.41, 5.74) is 3.44. The van der Waals surface area contributed by atoms with E-state index in [0.29, 0.717) is 13.1 Å². The first kappa shape index (κ1) is 20.2. The van der Waals surface area contributed by atoms with E-state index in [2.05, 4.69) is 58.9 Å². The molecule has 0 unspecified atom stereocenters. The molecule has 7 heteroatoms. The van der Waals surface area contributed by atoms with Crippen molar-refractivity contribution in [3.63, 3.8) is 0 Å². The number of hydrogen-bond acceptors (Lipinski definition) is 3. The van der Waals surface area contributed by atoms with Crippen LogP contribution in [0, 0.1) is 0 Å². The minimum Gasteiger partial charge on any atom is -0.357 e. The molecule has 26 heavy (non-hydrogen) atoms. The van der Waals surface area contributed by atoms with Gasteiger partial charge >= 0.3 is 0 Å². The van der Waals surface area contributed by atoms with E-state index in [9.17, 15) is 0 Å². The molecular weight excluding hydrogens is 439 g/mol. The Morgan fingerprint density at radius 3 is 2.54 bits per heavy atom. The van der Waals surface area contributed by atoms with Crippen LogP contribution in [-0.2, 0) is 19.5 Å². The molecule has 0 radical (unpaired) electrons. The molecule has 0 aliphatic heterocycles. The van der Waals surface area contributed by atoms with Gasteiger partial charge in [0.05, 0.1) is 13.1 Å². The fourth-order valence-corrected chi connectivity index (χ4v) is 2.74. The molecule has 2 heterocycles. The highest BCUT2D eigenvalue weighted by Gasteiger charge is 2.06. The number of aliphatic imine (C=N–C) groups is 1. The van der Waals surface area contributed by atoms with Crippen LogP contribution in [0.15, 0.2) is 53.7 Å². The van der Waals surface area contributed by atoms with E-state index in [1.807, 2.05) is 28.8 Å². The van der Waals surface area contributed by atoms with Gasteiger partial charge in [0.1, 0.15) is 0 Å². The van der Waals surface area contributed by atoms with Crippen molar-refractivity contribution in [1.29, 1.82) is 0 Å². The molecule has 138 valence electrons. The molecule has 3 rings (SSSR count). The van der Waals surface area contributed by atoms with Crippen LogP contribution in [0.25, 0.3) is 5.65 Å². The zero-order chi connectivity index (χ0) is 17.5. The normalized spacial score (nSPS) is 11.2. The standard InChI is InChI=1S/C19H24N6.HI/c1-3-15-9-5-6-10-16(15)13-21-19(20-4-2)22-14-18-24-23-17-11-7-8-12-25(17)18;/h5-12H,3-4,13-14H2,1-2H3,(H2,20,21,22);1H. The first-order valence-corrected chi connectivity index (χ1v) is 8.69. The summed E-state index contributed by atoms with van der Waals surface area (Å²) in [6.45, 7) is 6.25. The largest absolute Gasteiger partial charge is 0.357 e. The number of guanidine groups is 1. The Kier molecular flexibility index (Phi) is 7.83. The van der Waals surface area contributed by atoms with Crippen LogP contribution in [0.2, 0.25) is 0 Å². The van der Waals surface area contributed by atoms with Gasteiger partial charge in [0.2, 0.25) is 0 Å². The van der Waals surface area contributed by atoms with Crippen LogP contribution in [0.1, 0.15) is 30.8 Å². The minimum atomic E-state index is 0. The second kappa shape index (κ2) is 10.1. The van der Waals surface area contributed by atoms with Gasteiger partial charge in [-0.05, 0) is 36.6 Å². The van der Waals surface area contributed by atoms with Gasteiger partial charge in [-0.15, -0.1) is 34.2 Å². The average Bonchev–Trinajstić information content (AvgIpc) is 3.07. The second-order valence-corrected chi connectivity index (χ2v) is 5.72. The third kappa shape index (κ3) is 4.94. The highest BCUT2D eigenvalue weighted by atomic mass is 127. The molecule has 0 aliphatic carbocycles. The minimum absolute atomic E-state index is 0. The molecule has 0 amide bonds. The fourth-order valence-electron chi connectivity index (χ4n) is 2.74. The summed E-state index contributed by atoms with van der Waals surface area (Å²) in [4.78, 5) is 4.71. The van der Waals surface area contributed by atoms with Crippen molar-refractivity contribution in [3.8, 4) is 0 Å². The molecule has 0 saturated heterocycles.